The first-order valence-corrected chi connectivity index (χ1v) is 7.38. The molecule has 1 aliphatic rings. The summed E-state index contributed by atoms with van der Waals surface area (Å²) < 4.78 is 0. The van der Waals surface area contributed by atoms with Crippen LogP contribution in [0, 0.1) is 6.92 Å². The molecule has 0 aromatic carbocycles. The molecule has 0 radical (unpaired) electrons. The highest BCUT2D eigenvalue weighted by molar-refractivity contribution is 5.66. The zero-order valence-electron chi connectivity index (χ0n) is 12.6. The summed E-state index contributed by atoms with van der Waals surface area (Å²) in [6, 6.07) is 4.19. The summed E-state index contributed by atoms with van der Waals surface area (Å²) in [5, 5.41) is 0. The molecule has 2 aromatic heterocycles. The second kappa shape index (κ2) is 5.32. The van der Waals surface area contributed by atoms with Crippen LogP contribution in [-0.4, -0.2) is 9.97 Å². The molecule has 3 heteroatoms. The van der Waals surface area contributed by atoms with Gasteiger partial charge in [-0.05, 0) is 73.4 Å². The van der Waals surface area contributed by atoms with Crippen LogP contribution in [0.4, 0.5) is 0 Å². The van der Waals surface area contributed by atoms with Gasteiger partial charge in [-0.25, -0.2) is 0 Å². The summed E-state index contributed by atoms with van der Waals surface area (Å²) in [6.45, 7) is 7.88. The van der Waals surface area contributed by atoms with Crippen molar-refractivity contribution in [2.75, 3.05) is 0 Å². The zero-order chi connectivity index (χ0) is 15.0. The third-order valence-corrected chi connectivity index (χ3v) is 4.44. The highest BCUT2D eigenvalue weighted by atomic mass is 16.1. The molecule has 21 heavy (non-hydrogen) atoms. The zero-order valence-corrected chi connectivity index (χ0v) is 12.6. The first-order valence-electron chi connectivity index (χ1n) is 7.38. The van der Waals surface area contributed by atoms with Crippen molar-refractivity contribution in [1.29, 1.82) is 0 Å². The van der Waals surface area contributed by atoms with Gasteiger partial charge in [0.2, 0.25) is 0 Å². The first kappa shape index (κ1) is 13.8. The molecule has 3 rings (SSSR count). The van der Waals surface area contributed by atoms with Crippen LogP contribution in [0.25, 0.3) is 5.57 Å². The Morgan fingerprint density at radius 2 is 2.05 bits per heavy atom. The second-order valence-electron chi connectivity index (χ2n) is 5.91. The van der Waals surface area contributed by atoms with Crippen molar-refractivity contribution in [3.8, 4) is 0 Å². The summed E-state index contributed by atoms with van der Waals surface area (Å²) in [5.41, 5.74) is 6.48. The van der Waals surface area contributed by atoms with Crippen LogP contribution in [-0.2, 0) is 12.8 Å². The highest BCUT2D eigenvalue weighted by Gasteiger charge is 2.25. The molecule has 1 unspecified atom stereocenters. The summed E-state index contributed by atoms with van der Waals surface area (Å²) >= 11 is 0. The number of nitrogens with one attached hydrogen (secondary N) is 1. The van der Waals surface area contributed by atoms with Crippen LogP contribution < -0.4 is 5.56 Å². The molecule has 0 saturated heterocycles. The maximum Gasteiger partial charge on any atom is 0.255 e. The molecular weight excluding hydrogens is 260 g/mol. The molecule has 2 aromatic rings. The van der Waals surface area contributed by atoms with Crippen molar-refractivity contribution in [3.05, 3.63) is 69.4 Å². The predicted molar refractivity (Wildman–Crippen MR) is 85.5 cm³/mol. The molecule has 108 valence electrons. The molecule has 1 aliphatic carbocycles. The topological polar surface area (TPSA) is 45.8 Å². The van der Waals surface area contributed by atoms with Crippen molar-refractivity contribution in [2.45, 2.75) is 39.0 Å². The van der Waals surface area contributed by atoms with E-state index in [1.54, 1.807) is 0 Å². The Labute approximate surface area is 124 Å². The second-order valence-corrected chi connectivity index (χ2v) is 5.91. The van der Waals surface area contributed by atoms with E-state index in [2.05, 4.69) is 28.7 Å². The van der Waals surface area contributed by atoms with Gasteiger partial charge >= 0.3 is 0 Å². The summed E-state index contributed by atoms with van der Waals surface area (Å²) in [6.07, 6.45) is 6.69. The monoisotopic (exact) mass is 280 g/mol. The molecule has 0 spiro atoms. The van der Waals surface area contributed by atoms with E-state index in [0.717, 1.165) is 36.1 Å². The van der Waals surface area contributed by atoms with Gasteiger partial charge in [0.05, 0.1) is 0 Å². The fourth-order valence-electron chi connectivity index (χ4n) is 3.41. The molecule has 0 amide bonds. The van der Waals surface area contributed by atoms with Gasteiger partial charge in [-0.3, -0.25) is 9.78 Å². The minimum absolute atomic E-state index is 0.00103. The predicted octanol–water partition coefficient (Wildman–Crippen LogP) is 3.38. The van der Waals surface area contributed by atoms with E-state index < -0.39 is 0 Å². The van der Waals surface area contributed by atoms with Crippen molar-refractivity contribution in [3.63, 3.8) is 0 Å². The van der Waals surface area contributed by atoms with Crippen LogP contribution in [0.5, 0.6) is 0 Å². The number of pyridine rings is 2. The number of aryl methyl sites for hydroxylation is 1. The smallest absolute Gasteiger partial charge is 0.255 e. The third kappa shape index (κ3) is 2.44. The molecule has 2 heterocycles. The number of hydrogen-bond acceptors (Lipinski definition) is 2. The molecule has 3 nitrogen and oxygen atoms in total. The van der Waals surface area contributed by atoms with Crippen LogP contribution in [0.2, 0.25) is 0 Å². The van der Waals surface area contributed by atoms with Gasteiger partial charge in [-0.15, -0.1) is 0 Å². The van der Waals surface area contributed by atoms with Crippen LogP contribution in [0.1, 0.15) is 47.2 Å². The van der Waals surface area contributed by atoms with E-state index in [4.69, 9.17) is 0 Å². The SMILES string of the molecule is C=C(C)c1c2c(c(C)[nH]c1=O)CC(c1ccncc1)CC2. The average molecular weight is 280 g/mol. The Morgan fingerprint density at radius 3 is 2.71 bits per heavy atom. The third-order valence-electron chi connectivity index (χ3n) is 4.44. The average Bonchev–Trinajstić information content (AvgIpc) is 2.47. The van der Waals surface area contributed by atoms with Crippen LogP contribution in [0.15, 0.2) is 35.9 Å². The normalized spacial score (nSPS) is 17.3. The Kier molecular flexibility index (Phi) is 3.50. The van der Waals surface area contributed by atoms with Crippen LogP contribution in [0.3, 0.4) is 0 Å². The van der Waals surface area contributed by atoms with E-state index >= 15 is 0 Å². The van der Waals surface area contributed by atoms with E-state index in [-0.39, 0.29) is 5.56 Å². The molecular formula is C18H20N2O. The Hall–Kier alpha value is -2.16. The van der Waals surface area contributed by atoms with Gasteiger partial charge in [0.25, 0.3) is 5.56 Å². The van der Waals surface area contributed by atoms with E-state index in [1.165, 1.54) is 16.7 Å². The lowest BCUT2D eigenvalue weighted by atomic mass is 9.78. The van der Waals surface area contributed by atoms with Crippen molar-refractivity contribution >= 4 is 5.57 Å². The molecule has 0 fully saturated rings. The molecule has 1 N–H and O–H groups in total. The number of nitrogens with zero attached hydrogens (tertiary/aromatic N) is 1. The number of allylic oxidation sites excluding steroid dienone is 1. The number of H-pyrrole nitrogens is 1. The first-order chi connectivity index (χ1) is 10.1. The minimum Gasteiger partial charge on any atom is -0.326 e. The van der Waals surface area contributed by atoms with Gasteiger partial charge in [-0.1, -0.05) is 6.58 Å². The van der Waals surface area contributed by atoms with Gasteiger partial charge < -0.3 is 4.98 Å². The molecule has 1 atom stereocenters. The summed E-state index contributed by atoms with van der Waals surface area (Å²) in [4.78, 5) is 19.3. The molecule has 0 aliphatic heterocycles. The van der Waals surface area contributed by atoms with Crippen molar-refractivity contribution in [2.24, 2.45) is 0 Å². The summed E-state index contributed by atoms with van der Waals surface area (Å²) in [5.74, 6) is 0.503. The lowest BCUT2D eigenvalue weighted by molar-refractivity contribution is 0.577. The van der Waals surface area contributed by atoms with E-state index in [9.17, 15) is 4.79 Å². The van der Waals surface area contributed by atoms with Gasteiger partial charge in [-0.2, -0.15) is 0 Å². The standard InChI is InChI=1S/C18H20N2O/c1-11(2)17-15-5-4-14(13-6-8-19-9-7-13)10-16(15)12(3)20-18(17)21/h6-9,14H,1,4-5,10H2,2-3H3,(H,20,21). The number of fused-ring (bicyclic) bond motifs is 1. The van der Waals surface area contributed by atoms with E-state index in [1.807, 2.05) is 26.2 Å². The van der Waals surface area contributed by atoms with Gasteiger partial charge in [0, 0.05) is 23.7 Å². The van der Waals surface area contributed by atoms with Gasteiger partial charge in [0.15, 0.2) is 0 Å². The molecule has 0 bridgehead atoms. The summed E-state index contributed by atoms with van der Waals surface area (Å²) in [7, 11) is 0. The number of hydrogen-bond donors (Lipinski definition) is 1. The van der Waals surface area contributed by atoms with Gasteiger partial charge in [0.1, 0.15) is 0 Å². The number of aromatic nitrogens is 2. The number of rotatable bonds is 2. The quantitative estimate of drug-likeness (QED) is 0.916. The minimum atomic E-state index is 0.00103. The maximum atomic E-state index is 12.2. The largest absolute Gasteiger partial charge is 0.326 e. The van der Waals surface area contributed by atoms with Crippen molar-refractivity contribution < 1.29 is 0 Å². The highest BCUT2D eigenvalue weighted by Crippen LogP contribution is 2.35. The fourth-order valence-corrected chi connectivity index (χ4v) is 3.41. The van der Waals surface area contributed by atoms with Crippen LogP contribution >= 0.6 is 0 Å². The van der Waals surface area contributed by atoms with E-state index in [0.29, 0.717) is 5.92 Å². The Morgan fingerprint density at radius 1 is 1.33 bits per heavy atom. The van der Waals surface area contributed by atoms with Crippen molar-refractivity contribution in [1.82, 2.24) is 9.97 Å². The maximum absolute atomic E-state index is 12.2. The Balaban J connectivity index is 2.06. The lowest BCUT2D eigenvalue weighted by Crippen LogP contribution is -2.23. The lowest BCUT2D eigenvalue weighted by Gasteiger charge is -2.28. The fraction of sp³-hybridized carbons (Fsp3) is 0.333. The molecule has 0 saturated carbocycles. The Bertz CT molecular complexity index is 744. The number of aromatic amines is 1.